The summed E-state index contributed by atoms with van der Waals surface area (Å²) in [4.78, 5) is 16.1. The number of rotatable bonds is 2. The number of nitrogens with one attached hydrogen (secondary N) is 1. The van der Waals surface area contributed by atoms with Crippen molar-refractivity contribution in [1.29, 1.82) is 0 Å². The number of nitrogens with zero attached hydrogens (tertiary/aromatic N) is 1. The summed E-state index contributed by atoms with van der Waals surface area (Å²) in [7, 11) is 0. The van der Waals surface area contributed by atoms with Gasteiger partial charge in [0.25, 0.3) is 0 Å². The molecule has 0 saturated heterocycles. The standard InChI is InChI=1S/C15H21F3N2OS/c1-8(2)14(15(16,17)18)12(21)7-19-13(22-14)20-11-6-9-3-4-10(11)5-9/h8-11H,3-7H2,1-2H3,(H,19,20)/t9-,10+,11+,14?/m1/s1. The Labute approximate surface area is 132 Å². The maximum absolute atomic E-state index is 13.6. The van der Waals surface area contributed by atoms with E-state index < -0.39 is 22.6 Å². The molecular formula is C15H21F3N2OS. The first-order chi connectivity index (χ1) is 10.2. The zero-order chi connectivity index (χ0) is 16.1. The van der Waals surface area contributed by atoms with Crippen LogP contribution in [-0.2, 0) is 4.79 Å². The molecule has 2 saturated carbocycles. The minimum Gasteiger partial charge on any atom is -0.362 e. The number of amidine groups is 1. The van der Waals surface area contributed by atoms with E-state index in [1.165, 1.54) is 26.7 Å². The summed E-state index contributed by atoms with van der Waals surface area (Å²) in [5.41, 5.74) is 0. The molecule has 0 aromatic rings. The lowest BCUT2D eigenvalue weighted by atomic mass is 9.89. The number of hydrogen-bond donors (Lipinski definition) is 1. The van der Waals surface area contributed by atoms with Crippen molar-refractivity contribution in [2.75, 3.05) is 6.54 Å². The van der Waals surface area contributed by atoms with Crippen molar-refractivity contribution in [3.05, 3.63) is 0 Å². The number of carbonyl (C=O) groups excluding carboxylic acids is 1. The second-order valence-corrected chi connectivity index (χ2v) is 8.20. The van der Waals surface area contributed by atoms with Crippen LogP contribution in [0.25, 0.3) is 0 Å². The molecule has 2 bridgehead atoms. The number of aliphatic imine (C=N–C) groups is 1. The number of halogens is 3. The van der Waals surface area contributed by atoms with Gasteiger partial charge in [-0.15, -0.1) is 0 Å². The summed E-state index contributed by atoms with van der Waals surface area (Å²) in [5, 5.41) is 3.51. The third kappa shape index (κ3) is 2.45. The van der Waals surface area contributed by atoms with Gasteiger partial charge in [-0.05, 0) is 37.0 Å². The van der Waals surface area contributed by atoms with E-state index in [4.69, 9.17) is 0 Å². The molecule has 0 aromatic heterocycles. The van der Waals surface area contributed by atoms with Gasteiger partial charge >= 0.3 is 6.18 Å². The maximum Gasteiger partial charge on any atom is 0.410 e. The van der Waals surface area contributed by atoms with E-state index in [1.807, 2.05) is 0 Å². The largest absolute Gasteiger partial charge is 0.410 e. The Morgan fingerprint density at radius 2 is 2.05 bits per heavy atom. The van der Waals surface area contributed by atoms with Gasteiger partial charge in [-0.1, -0.05) is 32.0 Å². The van der Waals surface area contributed by atoms with E-state index in [1.54, 1.807) is 0 Å². The predicted octanol–water partition coefficient (Wildman–Crippen LogP) is 3.39. The predicted molar refractivity (Wildman–Crippen MR) is 80.9 cm³/mol. The van der Waals surface area contributed by atoms with Gasteiger partial charge in [0.2, 0.25) is 0 Å². The van der Waals surface area contributed by atoms with Crippen molar-refractivity contribution >= 4 is 22.7 Å². The molecule has 3 nitrogen and oxygen atoms in total. The van der Waals surface area contributed by atoms with Gasteiger partial charge in [0.05, 0.1) is 0 Å². The molecule has 3 aliphatic rings. The van der Waals surface area contributed by atoms with Gasteiger partial charge in [0.1, 0.15) is 6.54 Å². The van der Waals surface area contributed by atoms with Crippen LogP contribution in [0.15, 0.2) is 4.99 Å². The lowest BCUT2D eigenvalue weighted by Gasteiger charge is -2.39. The van der Waals surface area contributed by atoms with E-state index >= 15 is 0 Å². The molecule has 2 fully saturated rings. The summed E-state index contributed by atoms with van der Waals surface area (Å²) in [6, 6.07) is 0.219. The van der Waals surface area contributed by atoms with Gasteiger partial charge in [-0.2, -0.15) is 13.2 Å². The minimum absolute atomic E-state index is 0.219. The van der Waals surface area contributed by atoms with E-state index in [0.29, 0.717) is 28.8 Å². The van der Waals surface area contributed by atoms with Crippen molar-refractivity contribution in [2.24, 2.45) is 22.7 Å². The lowest BCUT2D eigenvalue weighted by Crippen LogP contribution is -2.58. The molecule has 1 unspecified atom stereocenters. The van der Waals surface area contributed by atoms with Crippen LogP contribution in [0.4, 0.5) is 13.2 Å². The second-order valence-electron chi connectivity index (χ2n) is 6.96. The van der Waals surface area contributed by atoms with Crippen LogP contribution < -0.4 is 5.32 Å². The topological polar surface area (TPSA) is 41.5 Å². The highest BCUT2D eigenvalue weighted by atomic mass is 32.2. The fourth-order valence-electron chi connectivity index (χ4n) is 4.14. The number of alkyl halides is 3. The monoisotopic (exact) mass is 334 g/mol. The summed E-state index contributed by atoms with van der Waals surface area (Å²) >= 11 is 0.581. The van der Waals surface area contributed by atoms with Gasteiger partial charge in [0, 0.05) is 6.04 Å². The molecular weight excluding hydrogens is 313 g/mol. The SMILES string of the molecule is CC(C)C1(C(F)(F)F)SC(N[C@H]2C[C@@H]3CC[C@H]2C3)=NCC1=O. The summed E-state index contributed by atoms with van der Waals surface area (Å²) in [5.74, 6) is -0.406. The summed E-state index contributed by atoms with van der Waals surface area (Å²) < 4.78 is 38.5. The van der Waals surface area contributed by atoms with Crippen LogP contribution in [0.3, 0.4) is 0 Å². The Morgan fingerprint density at radius 3 is 2.55 bits per heavy atom. The zero-order valence-electron chi connectivity index (χ0n) is 12.7. The number of thioether (sulfide) groups is 1. The molecule has 3 rings (SSSR count). The van der Waals surface area contributed by atoms with Crippen molar-refractivity contribution < 1.29 is 18.0 Å². The van der Waals surface area contributed by atoms with Crippen LogP contribution in [0.5, 0.6) is 0 Å². The number of hydrogen-bond acceptors (Lipinski definition) is 4. The first-order valence-corrected chi connectivity index (χ1v) is 8.65. The Morgan fingerprint density at radius 1 is 1.32 bits per heavy atom. The molecule has 4 atom stereocenters. The fraction of sp³-hybridized carbons (Fsp3) is 0.867. The highest BCUT2D eigenvalue weighted by Gasteiger charge is 2.64. The highest BCUT2D eigenvalue weighted by Crippen LogP contribution is 2.50. The minimum atomic E-state index is -4.57. The number of Topliss-reactive ketones (excluding diaryl/α,β-unsaturated/α-hetero) is 1. The third-order valence-electron chi connectivity index (χ3n) is 5.32. The van der Waals surface area contributed by atoms with E-state index in [2.05, 4.69) is 10.3 Å². The fourth-order valence-corrected chi connectivity index (χ4v) is 5.32. The highest BCUT2D eigenvalue weighted by molar-refractivity contribution is 8.15. The van der Waals surface area contributed by atoms with Gasteiger partial charge in [-0.3, -0.25) is 9.79 Å². The van der Waals surface area contributed by atoms with Crippen molar-refractivity contribution in [1.82, 2.24) is 5.32 Å². The van der Waals surface area contributed by atoms with Crippen LogP contribution in [0.1, 0.15) is 39.5 Å². The number of carbonyl (C=O) groups is 1. The molecule has 2 aliphatic carbocycles. The number of fused-ring (bicyclic) bond motifs is 2. The molecule has 0 radical (unpaired) electrons. The summed E-state index contributed by atoms with van der Waals surface area (Å²) in [6.45, 7) is 2.53. The quantitative estimate of drug-likeness (QED) is 0.841. The Kier molecular flexibility index (Phi) is 3.98. The van der Waals surface area contributed by atoms with Crippen LogP contribution in [0, 0.1) is 17.8 Å². The van der Waals surface area contributed by atoms with Crippen LogP contribution >= 0.6 is 11.8 Å². The average Bonchev–Trinajstić information content (AvgIpc) is 3.01. The maximum atomic E-state index is 13.6. The van der Waals surface area contributed by atoms with Crippen LogP contribution in [0.2, 0.25) is 0 Å². The molecule has 22 heavy (non-hydrogen) atoms. The molecule has 1 N–H and O–H groups in total. The van der Waals surface area contributed by atoms with Crippen molar-refractivity contribution in [2.45, 2.75) is 56.5 Å². The number of ketones is 1. The third-order valence-corrected chi connectivity index (χ3v) is 7.01. The Hall–Kier alpha value is -0.720. The smallest absolute Gasteiger partial charge is 0.362 e. The molecule has 0 aromatic carbocycles. The average molecular weight is 334 g/mol. The normalized spacial score (nSPS) is 38.5. The second kappa shape index (κ2) is 5.42. The molecule has 124 valence electrons. The van der Waals surface area contributed by atoms with Crippen molar-refractivity contribution in [3.63, 3.8) is 0 Å². The molecule has 0 spiro atoms. The van der Waals surface area contributed by atoms with Gasteiger partial charge in [-0.25, -0.2) is 0 Å². The van der Waals surface area contributed by atoms with Crippen molar-refractivity contribution in [3.8, 4) is 0 Å². The Bertz CT molecular complexity index is 506. The molecule has 1 heterocycles. The van der Waals surface area contributed by atoms with Gasteiger partial charge < -0.3 is 5.32 Å². The lowest BCUT2D eigenvalue weighted by molar-refractivity contribution is -0.176. The van der Waals surface area contributed by atoms with E-state index in [9.17, 15) is 18.0 Å². The van der Waals surface area contributed by atoms with E-state index in [0.717, 1.165) is 12.8 Å². The first-order valence-electron chi connectivity index (χ1n) is 7.84. The summed E-state index contributed by atoms with van der Waals surface area (Å²) in [6.07, 6.45) is -0.00423. The molecule has 1 aliphatic heterocycles. The van der Waals surface area contributed by atoms with Gasteiger partial charge in [0.15, 0.2) is 15.7 Å². The molecule has 0 amide bonds. The first kappa shape index (κ1) is 16.1. The van der Waals surface area contributed by atoms with Crippen LogP contribution in [-0.4, -0.2) is 34.5 Å². The Balaban J connectivity index is 1.78. The molecule has 7 heteroatoms. The van der Waals surface area contributed by atoms with E-state index in [-0.39, 0.29) is 12.6 Å². The zero-order valence-corrected chi connectivity index (χ0v) is 13.6.